The summed E-state index contributed by atoms with van der Waals surface area (Å²) in [4.78, 5) is 32.5. The van der Waals surface area contributed by atoms with Crippen LogP contribution >= 0.6 is 0 Å². The van der Waals surface area contributed by atoms with Crippen molar-refractivity contribution in [3.63, 3.8) is 0 Å². The number of carboxylic acid groups (broad SMARTS) is 2. The Morgan fingerprint density at radius 2 is 1.26 bits per heavy atom. The molecule has 0 fully saturated rings. The maximum atomic E-state index is 10.1. The molecule has 0 aliphatic heterocycles. The first-order chi connectivity index (χ1) is 8.40. The van der Waals surface area contributed by atoms with Gasteiger partial charge in [-0.3, -0.25) is 0 Å². The third-order valence-corrected chi connectivity index (χ3v) is 1.81. The molecule has 2 heterocycles. The molecule has 0 aromatic carbocycles. The van der Waals surface area contributed by atoms with Gasteiger partial charge in [-0.25, -0.2) is 19.6 Å². The van der Waals surface area contributed by atoms with Crippen molar-refractivity contribution in [1.29, 1.82) is 0 Å². The fourth-order valence-corrected chi connectivity index (χ4v) is 1.04. The van der Waals surface area contributed by atoms with Crippen molar-refractivity contribution < 1.29 is 39.3 Å². The largest absolute Gasteiger partial charge is 0.475 e. The van der Waals surface area contributed by atoms with Gasteiger partial charge in [0, 0.05) is 43.3 Å². The first-order valence-electron chi connectivity index (χ1n) is 4.90. The van der Waals surface area contributed by atoms with Crippen LogP contribution in [0.15, 0.2) is 12.4 Å². The number of hydrogen-bond acceptors (Lipinski definition) is 4. The van der Waals surface area contributed by atoms with Gasteiger partial charge in [0.05, 0.1) is 0 Å². The number of carbonyl (C=O) groups is 2. The Bertz CT molecular complexity index is 513. The average molecular weight is 318 g/mol. The van der Waals surface area contributed by atoms with Crippen LogP contribution in [0.3, 0.4) is 0 Å². The number of H-pyrrole nitrogens is 2. The molecule has 0 atom stereocenters. The zero-order chi connectivity index (χ0) is 13.7. The smallest absolute Gasteiger partial charge is 0.371 e. The molecule has 4 N–H and O–H groups in total. The van der Waals surface area contributed by atoms with Crippen LogP contribution in [0.5, 0.6) is 0 Å². The quantitative estimate of drug-likeness (QED) is 0.606. The van der Waals surface area contributed by atoms with E-state index < -0.39 is 11.9 Å². The molecule has 0 aliphatic carbocycles. The van der Waals surface area contributed by atoms with E-state index in [-0.39, 0.29) is 31.1 Å². The monoisotopic (exact) mass is 316 g/mol. The van der Waals surface area contributed by atoms with Crippen LogP contribution in [0.4, 0.5) is 0 Å². The number of aromatic carboxylic acids is 2. The van der Waals surface area contributed by atoms with Gasteiger partial charge in [0.15, 0.2) is 0 Å². The van der Waals surface area contributed by atoms with Gasteiger partial charge < -0.3 is 20.2 Å². The topological polar surface area (TPSA) is 132 Å². The van der Waals surface area contributed by atoms with Gasteiger partial charge in [-0.2, -0.15) is 0 Å². The van der Waals surface area contributed by atoms with E-state index in [1.807, 2.05) is 0 Å². The minimum atomic E-state index is -1.02. The van der Waals surface area contributed by atoms with E-state index >= 15 is 0 Å². The maximum absolute atomic E-state index is 10.1. The summed E-state index contributed by atoms with van der Waals surface area (Å²) in [5, 5.41) is 16.6. The number of nitrogens with zero attached hydrogens (tertiary/aromatic N) is 2. The Labute approximate surface area is 121 Å². The number of nitrogens with one attached hydrogen (secondary N) is 2. The van der Waals surface area contributed by atoms with E-state index in [1.54, 1.807) is 13.8 Å². The third kappa shape index (κ3) is 5.43. The minimum Gasteiger partial charge on any atom is -0.475 e. The van der Waals surface area contributed by atoms with Crippen molar-refractivity contribution in [2.45, 2.75) is 13.8 Å². The Balaban J connectivity index is 0.000000324. The van der Waals surface area contributed by atoms with Gasteiger partial charge in [0.25, 0.3) is 0 Å². The molecule has 9 heteroatoms. The summed E-state index contributed by atoms with van der Waals surface area (Å²) >= 11 is 0. The Kier molecular flexibility index (Phi) is 6.64. The number of imidazole rings is 2. The molecule has 8 nitrogen and oxygen atoms in total. The molecule has 0 aliphatic rings. The fraction of sp³-hybridized carbons (Fsp3) is 0.200. The fourth-order valence-electron chi connectivity index (χ4n) is 1.04. The number of carboxylic acids is 2. The summed E-state index contributed by atoms with van der Waals surface area (Å²) < 4.78 is 0. The second-order valence-electron chi connectivity index (χ2n) is 3.44. The third-order valence-electron chi connectivity index (χ3n) is 1.81. The molecule has 2 aromatic rings. The molecule has 0 amide bonds. The second-order valence-corrected chi connectivity index (χ2v) is 3.44. The molecule has 2 rings (SSSR count). The summed E-state index contributed by atoms with van der Waals surface area (Å²) in [6.45, 7) is 3.50. The SMILES string of the molecule is Cc1cnc(C(=O)O)[nH]1.Cc1cnc(C(=O)O)[nH]1.[Zn]. The van der Waals surface area contributed by atoms with Gasteiger partial charge >= 0.3 is 11.9 Å². The zero-order valence-electron chi connectivity index (χ0n) is 10.5. The van der Waals surface area contributed by atoms with Gasteiger partial charge in [-0.15, -0.1) is 0 Å². The standard InChI is InChI=1S/2C5H6N2O2.Zn/c2*1-3-2-6-4(7-3)5(8)9;/h2*2H,1H3,(H,6,7)(H,8,9);. The predicted molar refractivity (Wildman–Crippen MR) is 60.6 cm³/mol. The Hall–Kier alpha value is -2.02. The van der Waals surface area contributed by atoms with E-state index in [2.05, 4.69) is 19.9 Å². The van der Waals surface area contributed by atoms with Crippen LogP contribution in [0.2, 0.25) is 0 Å². The number of aryl methyl sites for hydroxylation is 2. The molecule has 0 radical (unpaired) electrons. The molecule has 98 valence electrons. The Morgan fingerprint density at radius 1 is 0.947 bits per heavy atom. The molecule has 2 aromatic heterocycles. The van der Waals surface area contributed by atoms with Crippen molar-refractivity contribution in [2.24, 2.45) is 0 Å². The zero-order valence-corrected chi connectivity index (χ0v) is 13.4. The second kappa shape index (κ2) is 7.43. The average Bonchev–Trinajstić information content (AvgIpc) is 2.88. The summed E-state index contributed by atoms with van der Waals surface area (Å²) in [7, 11) is 0. The van der Waals surface area contributed by atoms with Crippen molar-refractivity contribution in [3.05, 3.63) is 35.4 Å². The van der Waals surface area contributed by atoms with Crippen LogP contribution in [0.1, 0.15) is 32.6 Å². The van der Waals surface area contributed by atoms with Crippen LogP contribution in [-0.4, -0.2) is 42.1 Å². The number of aromatic amines is 2. The van der Waals surface area contributed by atoms with Crippen molar-refractivity contribution in [2.75, 3.05) is 0 Å². The molecule has 0 spiro atoms. The molecular formula is C10H12N4O4Zn. The van der Waals surface area contributed by atoms with E-state index in [9.17, 15) is 9.59 Å². The van der Waals surface area contributed by atoms with E-state index in [4.69, 9.17) is 10.2 Å². The molecule has 19 heavy (non-hydrogen) atoms. The van der Waals surface area contributed by atoms with Gasteiger partial charge in [-0.1, -0.05) is 0 Å². The summed E-state index contributed by atoms with van der Waals surface area (Å²) in [5.41, 5.74) is 1.51. The van der Waals surface area contributed by atoms with Crippen LogP contribution in [-0.2, 0) is 19.5 Å². The van der Waals surface area contributed by atoms with Crippen LogP contribution < -0.4 is 0 Å². The van der Waals surface area contributed by atoms with Crippen molar-refractivity contribution in [3.8, 4) is 0 Å². The predicted octanol–water partition coefficient (Wildman–Crippen LogP) is 0.830. The normalized spacial score (nSPS) is 8.95. The van der Waals surface area contributed by atoms with Crippen molar-refractivity contribution in [1.82, 2.24) is 19.9 Å². The van der Waals surface area contributed by atoms with Crippen LogP contribution in [0.25, 0.3) is 0 Å². The van der Waals surface area contributed by atoms with Gasteiger partial charge in [-0.05, 0) is 13.8 Å². The number of hydrogen-bond donors (Lipinski definition) is 4. The minimum absolute atomic E-state index is 0. The molecule has 0 bridgehead atoms. The first kappa shape index (κ1) is 17.0. The summed E-state index contributed by atoms with van der Waals surface area (Å²) in [6, 6.07) is 0. The van der Waals surface area contributed by atoms with Crippen LogP contribution in [0, 0.1) is 13.8 Å². The molecular weight excluding hydrogens is 306 g/mol. The summed E-state index contributed by atoms with van der Waals surface area (Å²) in [6.07, 6.45) is 2.95. The van der Waals surface area contributed by atoms with E-state index in [0.717, 1.165) is 11.4 Å². The number of aromatic nitrogens is 4. The Morgan fingerprint density at radius 3 is 1.37 bits per heavy atom. The van der Waals surface area contributed by atoms with Crippen molar-refractivity contribution >= 4 is 11.9 Å². The first-order valence-corrected chi connectivity index (χ1v) is 4.90. The van der Waals surface area contributed by atoms with E-state index in [0.29, 0.717) is 0 Å². The van der Waals surface area contributed by atoms with Gasteiger partial charge in [0.1, 0.15) is 0 Å². The summed E-state index contributed by atoms with van der Waals surface area (Å²) in [5.74, 6) is -2.06. The molecule has 0 saturated heterocycles. The van der Waals surface area contributed by atoms with E-state index in [1.165, 1.54) is 12.4 Å². The van der Waals surface area contributed by atoms with Gasteiger partial charge in [0.2, 0.25) is 11.6 Å². The maximum Gasteiger partial charge on any atom is 0.371 e. The molecule has 0 saturated carbocycles. The molecule has 0 unspecified atom stereocenters. The number of rotatable bonds is 2.